The Bertz CT molecular complexity index is 959. The summed E-state index contributed by atoms with van der Waals surface area (Å²) in [6.45, 7) is 0. The lowest BCUT2D eigenvalue weighted by atomic mass is 9.80. The average Bonchev–Trinajstić information content (AvgIpc) is 3.32. The topological polar surface area (TPSA) is 85.8 Å². The number of hydrogen-bond acceptors (Lipinski definition) is 6. The Morgan fingerprint density at radius 1 is 1.20 bits per heavy atom. The molecule has 7 heteroatoms. The number of carbonyl (C=O) groups is 1. The van der Waals surface area contributed by atoms with E-state index in [1.165, 1.54) is 6.33 Å². The zero-order valence-electron chi connectivity index (χ0n) is 13.3. The fraction of sp³-hybridized carbons (Fsp3) is 0.222. The van der Waals surface area contributed by atoms with Gasteiger partial charge in [0.2, 0.25) is 5.95 Å². The number of pyridine rings is 1. The smallest absolute Gasteiger partial charge is 0.226 e. The molecular weight excluding hydrogens is 318 g/mol. The SMILES string of the molecule is O=C1C[C@H](c2ccco2)CC2=C1[C@H](c1ccncc1)n1ncnc1N2. The van der Waals surface area contributed by atoms with Crippen LogP contribution in [0.2, 0.25) is 0 Å². The second-order valence-corrected chi connectivity index (χ2v) is 6.27. The highest BCUT2D eigenvalue weighted by molar-refractivity contribution is 6.00. The van der Waals surface area contributed by atoms with Crippen molar-refractivity contribution in [1.82, 2.24) is 19.7 Å². The number of nitrogens with one attached hydrogen (secondary N) is 1. The molecule has 0 spiro atoms. The monoisotopic (exact) mass is 333 g/mol. The molecular formula is C18H15N5O2. The van der Waals surface area contributed by atoms with Crippen molar-refractivity contribution in [2.45, 2.75) is 24.8 Å². The van der Waals surface area contributed by atoms with Gasteiger partial charge >= 0.3 is 0 Å². The first kappa shape index (κ1) is 14.2. The fourth-order valence-corrected chi connectivity index (χ4v) is 3.73. The third kappa shape index (κ3) is 2.20. The maximum Gasteiger partial charge on any atom is 0.226 e. The Kier molecular flexibility index (Phi) is 3.06. The van der Waals surface area contributed by atoms with E-state index in [9.17, 15) is 4.79 Å². The second kappa shape index (κ2) is 5.41. The van der Waals surface area contributed by atoms with Gasteiger partial charge < -0.3 is 9.73 Å². The molecule has 0 radical (unpaired) electrons. The highest BCUT2D eigenvalue weighted by Gasteiger charge is 2.39. The molecule has 3 aromatic rings. The molecule has 0 bridgehead atoms. The van der Waals surface area contributed by atoms with Crippen molar-refractivity contribution in [3.05, 3.63) is 71.8 Å². The summed E-state index contributed by atoms with van der Waals surface area (Å²) < 4.78 is 7.29. The molecule has 0 unspecified atom stereocenters. The van der Waals surface area contributed by atoms with Crippen LogP contribution in [0.4, 0.5) is 5.95 Å². The summed E-state index contributed by atoms with van der Waals surface area (Å²) in [7, 11) is 0. The minimum absolute atomic E-state index is 0.0429. The van der Waals surface area contributed by atoms with Crippen molar-refractivity contribution < 1.29 is 9.21 Å². The van der Waals surface area contributed by atoms with Crippen LogP contribution in [-0.2, 0) is 4.79 Å². The van der Waals surface area contributed by atoms with Gasteiger partial charge in [0.15, 0.2) is 5.78 Å². The van der Waals surface area contributed by atoms with E-state index in [-0.39, 0.29) is 17.7 Å². The number of ketones is 1. The summed E-state index contributed by atoms with van der Waals surface area (Å²) in [6, 6.07) is 7.33. The number of Topliss-reactive ketones (excluding diaryl/α,β-unsaturated/α-hetero) is 1. The van der Waals surface area contributed by atoms with E-state index >= 15 is 0 Å². The summed E-state index contributed by atoms with van der Waals surface area (Å²) in [5.41, 5.74) is 2.63. The van der Waals surface area contributed by atoms with Crippen LogP contribution < -0.4 is 5.32 Å². The van der Waals surface area contributed by atoms with Crippen LogP contribution in [0, 0.1) is 0 Å². The van der Waals surface area contributed by atoms with Crippen molar-refractivity contribution in [2.24, 2.45) is 0 Å². The molecule has 2 aliphatic rings. The van der Waals surface area contributed by atoms with Gasteiger partial charge in [0.05, 0.1) is 6.26 Å². The molecule has 3 aromatic heterocycles. The van der Waals surface area contributed by atoms with Gasteiger partial charge in [0, 0.05) is 36.0 Å². The lowest BCUT2D eigenvalue weighted by Gasteiger charge is -2.34. The lowest BCUT2D eigenvalue weighted by molar-refractivity contribution is -0.117. The molecule has 0 fully saturated rings. The standard InChI is InChI=1S/C18H15N5O2/c24-14-9-12(15-2-1-7-25-15)8-13-16(14)17(11-3-5-19-6-4-11)23-18(22-13)20-10-21-23/h1-7,10,12,17H,8-9H2,(H,20,21,22)/t12-,17+/m1/s1. The minimum atomic E-state index is -0.276. The molecule has 2 atom stereocenters. The van der Waals surface area contributed by atoms with Crippen LogP contribution in [0.3, 0.4) is 0 Å². The van der Waals surface area contributed by atoms with Gasteiger partial charge in [-0.05, 0) is 36.2 Å². The summed E-state index contributed by atoms with van der Waals surface area (Å²) in [6.07, 6.45) is 7.75. The van der Waals surface area contributed by atoms with Crippen molar-refractivity contribution in [1.29, 1.82) is 0 Å². The third-order valence-corrected chi connectivity index (χ3v) is 4.83. The van der Waals surface area contributed by atoms with Crippen molar-refractivity contribution in [3.63, 3.8) is 0 Å². The summed E-state index contributed by atoms with van der Waals surface area (Å²) in [5, 5.41) is 7.62. The number of aromatic nitrogens is 4. The largest absolute Gasteiger partial charge is 0.469 e. The molecule has 1 aliphatic carbocycles. The number of fused-ring (bicyclic) bond motifs is 1. The number of carbonyl (C=O) groups excluding carboxylic acids is 1. The van der Waals surface area contributed by atoms with Crippen molar-refractivity contribution in [3.8, 4) is 0 Å². The molecule has 0 aromatic carbocycles. The summed E-state index contributed by atoms with van der Waals surface area (Å²) in [4.78, 5) is 21.4. The molecule has 1 aliphatic heterocycles. The van der Waals surface area contributed by atoms with Crippen LogP contribution in [0.1, 0.15) is 36.1 Å². The molecule has 0 saturated carbocycles. The number of rotatable bonds is 2. The molecule has 0 amide bonds. The highest BCUT2D eigenvalue weighted by atomic mass is 16.3. The quantitative estimate of drug-likeness (QED) is 0.776. The maximum absolute atomic E-state index is 13.0. The number of hydrogen-bond donors (Lipinski definition) is 1. The van der Waals surface area contributed by atoms with Crippen molar-refractivity contribution >= 4 is 11.7 Å². The van der Waals surface area contributed by atoms with E-state index in [1.54, 1.807) is 23.3 Å². The first-order valence-electron chi connectivity index (χ1n) is 8.17. The Hall–Kier alpha value is -3.22. The predicted octanol–water partition coefficient (Wildman–Crippen LogP) is 2.68. The number of anilines is 1. The maximum atomic E-state index is 13.0. The van der Waals surface area contributed by atoms with Crippen LogP contribution in [-0.4, -0.2) is 25.5 Å². The van der Waals surface area contributed by atoms with Gasteiger partial charge in [-0.15, -0.1) is 0 Å². The molecule has 124 valence electrons. The molecule has 5 rings (SSSR count). The number of nitrogens with zero attached hydrogens (tertiary/aromatic N) is 4. The van der Waals surface area contributed by atoms with Gasteiger partial charge in [0.1, 0.15) is 18.1 Å². The van der Waals surface area contributed by atoms with E-state index in [4.69, 9.17) is 4.42 Å². The third-order valence-electron chi connectivity index (χ3n) is 4.83. The normalized spacial score (nSPS) is 22.3. The molecule has 1 N–H and O–H groups in total. The summed E-state index contributed by atoms with van der Waals surface area (Å²) in [5.74, 6) is 1.64. The Morgan fingerprint density at radius 3 is 2.88 bits per heavy atom. The van der Waals surface area contributed by atoms with E-state index in [2.05, 4.69) is 20.4 Å². The molecule has 4 heterocycles. The first-order chi connectivity index (χ1) is 12.3. The second-order valence-electron chi connectivity index (χ2n) is 6.27. The Balaban J connectivity index is 1.63. The molecule has 7 nitrogen and oxygen atoms in total. The highest BCUT2D eigenvalue weighted by Crippen LogP contribution is 2.43. The van der Waals surface area contributed by atoms with Crippen LogP contribution in [0.15, 0.2) is 64.9 Å². The van der Waals surface area contributed by atoms with Gasteiger partial charge in [-0.2, -0.15) is 10.1 Å². The van der Waals surface area contributed by atoms with Gasteiger partial charge in [-0.1, -0.05) is 0 Å². The van der Waals surface area contributed by atoms with E-state index in [0.717, 1.165) is 22.6 Å². The lowest BCUT2D eigenvalue weighted by Crippen LogP contribution is -2.33. The predicted molar refractivity (Wildman–Crippen MR) is 88.7 cm³/mol. The van der Waals surface area contributed by atoms with Crippen LogP contribution in [0.5, 0.6) is 0 Å². The summed E-state index contributed by atoms with van der Waals surface area (Å²) >= 11 is 0. The Morgan fingerprint density at radius 2 is 2.08 bits per heavy atom. The van der Waals surface area contributed by atoms with E-state index < -0.39 is 0 Å². The molecule has 25 heavy (non-hydrogen) atoms. The average molecular weight is 333 g/mol. The molecule has 0 saturated heterocycles. The first-order valence-corrected chi connectivity index (χ1v) is 8.17. The zero-order valence-corrected chi connectivity index (χ0v) is 13.3. The van der Waals surface area contributed by atoms with E-state index in [1.807, 2.05) is 24.3 Å². The fourth-order valence-electron chi connectivity index (χ4n) is 3.73. The van der Waals surface area contributed by atoms with Crippen LogP contribution in [0.25, 0.3) is 0 Å². The van der Waals surface area contributed by atoms with Crippen LogP contribution >= 0.6 is 0 Å². The Labute approximate surface area is 143 Å². The minimum Gasteiger partial charge on any atom is -0.469 e. The number of furan rings is 1. The zero-order chi connectivity index (χ0) is 16.8. The van der Waals surface area contributed by atoms with Gasteiger partial charge in [-0.25, -0.2) is 4.68 Å². The van der Waals surface area contributed by atoms with E-state index in [0.29, 0.717) is 18.8 Å². The number of allylic oxidation sites excluding steroid dienone is 2. The van der Waals surface area contributed by atoms with Gasteiger partial charge in [-0.3, -0.25) is 9.78 Å². The van der Waals surface area contributed by atoms with Gasteiger partial charge in [0.25, 0.3) is 0 Å². The van der Waals surface area contributed by atoms with Crippen molar-refractivity contribution in [2.75, 3.05) is 5.32 Å².